The Morgan fingerprint density at radius 3 is 2.48 bits per heavy atom. The van der Waals surface area contributed by atoms with Crippen LogP contribution in [-0.4, -0.2) is 43.9 Å². The van der Waals surface area contributed by atoms with Crippen LogP contribution in [0.4, 0.5) is 5.13 Å². The second-order valence-electron chi connectivity index (χ2n) is 4.74. The van der Waals surface area contributed by atoms with Gasteiger partial charge < -0.3 is 4.74 Å². The van der Waals surface area contributed by atoms with E-state index in [9.17, 15) is 13.2 Å². The molecule has 1 atom stereocenters. The fourth-order valence-electron chi connectivity index (χ4n) is 1.71. The molecular formula is C13H16N4O4S2. The lowest BCUT2D eigenvalue weighted by Gasteiger charge is -2.10. The van der Waals surface area contributed by atoms with E-state index >= 15 is 0 Å². The van der Waals surface area contributed by atoms with Crippen LogP contribution in [0.3, 0.4) is 0 Å². The molecule has 0 bridgehead atoms. The topological polar surface area (TPSA) is 110 Å². The molecule has 0 spiro atoms. The lowest BCUT2D eigenvalue weighted by atomic mass is 10.2. The molecule has 0 saturated carbocycles. The van der Waals surface area contributed by atoms with Gasteiger partial charge in [0.05, 0.1) is 19.4 Å². The standard InChI is InChI=1S/C13H16N4O4S2/c1-8(17-23(3,19)20)11(18)14-13-16-15-12(22-13)9-4-6-10(21-2)7-5-9/h4-8,17H,1-3H3,(H,14,16,18). The molecule has 1 amide bonds. The summed E-state index contributed by atoms with van der Waals surface area (Å²) in [4.78, 5) is 11.9. The number of anilines is 1. The maximum atomic E-state index is 11.9. The van der Waals surface area contributed by atoms with E-state index in [1.165, 1.54) is 18.3 Å². The number of benzene rings is 1. The lowest BCUT2D eigenvalue weighted by Crippen LogP contribution is -2.40. The van der Waals surface area contributed by atoms with Crippen molar-refractivity contribution in [3.8, 4) is 16.3 Å². The molecule has 8 nitrogen and oxygen atoms in total. The maximum Gasteiger partial charge on any atom is 0.244 e. The minimum atomic E-state index is -3.46. The molecule has 124 valence electrons. The summed E-state index contributed by atoms with van der Waals surface area (Å²) in [6.45, 7) is 1.45. The molecule has 0 fully saturated rings. The molecule has 2 rings (SSSR count). The van der Waals surface area contributed by atoms with Crippen LogP contribution in [-0.2, 0) is 14.8 Å². The number of nitrogens with zero attached hydrogens (tertiary/aromatic N) is 2. The number of nitrogens with one attached hydrogen (secondary N) is 2. The summed E-state index contributed by atoms with van der Waals surface area (Å²) in [6, 6.07) is 6.36. The van der Waals surface area contributed by atoms with Gasteiger partial charge in [-0.05, 0) is 31.2 Å². The Bertz CT molecular complexity index is 787. The van der Waals surface area contributed by atoms with Crippen molar-refractivity contribution in [2.75, 3.05) is 18.7 Å². The van der Waals surface area contributed by atoms with Gasteiger partial charge in [-0.1, -0.05) is 11.3 Å². The molecule has 10 heteroatoms. The van der Waals surface area contributed by atoms with E-state index in [1.807, 2.05) is 12.1 Å². The van der Waals surface area contributed by atoms with Crippen molar-refractivity contribution in [1.29, 1.82) is 0 Å². The van der Waals surface area contributed by atoms with E-state index in [0.29, 0.717) is 10.1 Å². The zero-order valence-electron chi connectivity index (χ0n) is 12.7. The number of aromatic nitrogens is 2. The Morgan fingerprint density at radius 2 is 1.91 bits per heavy atom. The molecule has 1 unspecified atom stereocenters. The van der Waals surface area contributed by atoms with Crippen LogP contribution in [0.2, 0.25) is 0 Å². The molecule has 1 heterocycles. The van der Waals surface area contributed by atoms with E-state index in [2.05, 4.69) is 20.2 Å². The molecule has 23 heavy (non-hydrogen) atoms. The van der Waals surface area contributed by atoms with Crippen molar-refractivity contribution in [2.24, 2.45) is 0 Å². The van der Waals surface area contributed by atoms with Gasteiger partial charge >= 0.3 is 0 Å². The highest BCUT2D eigenvalue weighted by atomic mass is 32.2. The van der Waals surface area contributed by atoms with Crippen LogP contribution >= 0.6 is 11.3 Å². The van der Waals surface area contributed by atoms with Gasteiger partial charge in [0.2, 0.25) is 21.1 Å². The van der Waals surface area contributed by atoms with Crippen LogP contribution in [0.5, 0.6) is 5.75 Å². The number of hydrogen-bond acceptors (Lipinski definition) is 7. The number of hydrogen-bond donors (Lipinski definition) is 2. The zero-order chi connectivity index (χ0) is 17.0. The first-order valence-corrected chi connectivity index (χ1v) is 9.25. The summed E-state index contributed by atoms with van der Waals surface area (Å²) in [5.74, 6) is 0.223. The second kappa shape index (κ2) is 7.02. The zero-order valence-corrected chi connectivity index (χ0v) is 14.4. The van der Waals surface area contributed by atoms with E-state index < -0.39 is 22.0 Å². The fourth-order valence-corrected chi connectivity index (χ4v) is 3.21. The Hall–Kier alpha value is -2.04. The Balaban J connectivity index is 2.05. The second-order valence-corrected chi connectivity index (χ2v) is 7.50. The van der Waals surface area contributed by atoms with E-state index in [1.54, 1.807) is 19.2 Å². The number of sulfonamides is 1. The number of ether oxygens (including phenoxy) is 1. The average molecular weight is 356 g/mol. The number of rotatable bonds is 6. The minimum Gasteiger partial charge on any atom is -0.497 e. The SMILES string of the molecule is COc1ccc(-c2nnc(NC(=O)C(C)NS(C)(=O)=O)s2)cc1. The lowest BCUT2D eigenvalue weighted by molar-refractivity contribution is -0.117. The maximum absolute atomic E-state index is 11.9. The van der Waals surface area contributed by atoms with Crippen LogP contribution in [0.25, 0.3) is 10.6 Å². The van der Waals surface area contributed by atoms with Crippen molar-refractivity contribution in [2.45, 2.75) is 13.0 Å². The highest BCUT2D eigenvalue weighted by molar-refractivity contribution is 7.88. The summed E-state index contributed by atoms with van der Waals surface area (Å²) in [5, 5.41) is 11.3. The van der Waals surface area contributed by atoms with Crippen LogP contribution in [0, 0.1) is 0 Å². The summed E-state index contributed by atoms with van der Waals surface area (Å²) < 4.78 is 29.5. The van der Waals surface area contributed by atoms with E-state index in [-0.39, 0.29) is 0 Å². The first kappa shape index (κ1) is 17.3. The minimum absolute atomic E-state index is 0.294. The summed E-state index contributed by atoms with van der Waals surface area (Å²) in [6.07, 6.45) is 0.990. The highest BCUT2D eigenvalue weighted by Crippen LogP contribution is 2.27. The molecule has 0 aliphatic rings. The van der Waals surface area contributed by atoms with Crippen LogP contribution in [0.1, 0.15) is 6.92 Å². The van der Waals surface area contributed by atoms with E-state index in [0.717, 1.165) is 17.6 Å². The van der Waals surface area contributed by atoms with Crippen LogP contribution < -0.4 is 14.8 Å². The van der Waals surface area contributed by atoms with Gasteiger partial charge in [0, 0.05) is 5.56 Å². The molecule has 0 saturated heterocycles. The van der Waals surface area contributed by atoms with Gasteiger partial charge in [-0.3, -0.25) is 10.1 Å². The quantitative estimate of drug-likeness (QED) is 0.802. The third kappa shape index (κ3) is 4.98. The first-order valence-electron chi connectivity index (χ1n) is 6.54. The third-order valence-electron chi connectivity index (χ3n) is 2.78. The van der Waals surface area contributed by atoms with E-state index in [4.69, 9.17) is 4.74 Å². The van der Waals surface area contributed by atoms with Crippen molar-refractivity contribution in [3.63, 3.8) is 0 Å². The van der Waals surface area contributed by atoms with Gasteiger partial charge in [0.15, 0.2) is 0 Å². The van der Waals surface area contributed by atoms with Gasteiger partial charge in [-0.15, -0.1) is 10.2 Å². The van der Waals surface area contributed by atoms with Gasteiger partial charge in [-0.25, -0.2) is 13.1 Å². The van der Waals surface area contributed by atoms with Crippen molar-refractivity contribution < 1.29 is 17.9 Å². The normalized spacial score (nSPS) is 12.7. The number of methoxy groups -OCH3 is 1. The Morgan fingerprint density at radius 1 is 1.26 bits per heavy atom. The summed E-state index contributed by atoms with van der Waals surface area (Å²) in [5.41, 5.74) is 0.839. The fraction of sp³-hybridized carbons (Fsp3) is 0.308. The molecule has 1 aromatic heterocycles. The van der Waals surface area contributed by atoms with Crippen molar-refractivity contribution >= 4 is 32.4 Å². The molecule has 0 aliphatic carbocycles. The molecule has 2 N–H and O–H groups in total. The van der Waals surface area contributed by atoms with Gasteiger partial charge in [0.1, 0.15) is 10.8 Å². The number of carbonyl (C=O) groups excluding carboxylic acids is 1. The molecule has 2 aromatic rings. The third-order valence-corrected chi connectivity index (χ3v) is 4.45. The largest absolute Gasteiger partial charge is 0.497 e. The smallest absolute Gasteiger partial charge is 0.244 e. The average Bonchev–Trinajstić information content (AvgIpc) is 2.94. The predicted octanol–water partition coefficient (Wildman–Crippen LogP) is 1.09. The van der Waals surface area contributed by atoms with Crippen molar-refractivity contribution in [1.82, 2.24) is 14.9 Å². The molecular weight excluding hydrogens is 340 g/mol. The summed E-state index contributed by atoms with van der Waals surface area (Å²) >= 11 is 1.19. The summed E-state index contributed by atoms with van der Waals surface area (Å²) in [7, 11) is -1.88. The first-order chi connectivity index (χ1) is 10.8. The molecule has 0 radical (unpaired) electrons. The Kier molecular flexibility index (Phi) is 5.29. The highest BCUT2D eigenvalue weighted by Gasteiger charge is 2.18. The molecule has 1 aromatic carbocycles. The predicted molar refractivity (Wildman–Crippen MR) is 88.0 cm³/mol. The molecule has 0 aliphatic heterocycles. The monoisotopic (exact) mass is 356 g/mol. The van der Waals surface area contributed by atoms with Gasteiger partial charge in [-0.2, -0.15) is 0 Å². The Labute approximate surface area is 137 Å². The number of carbonyl (C=O) groups is 1. The number of amides is 1. The van der Waals surface area contributed by atoms with Gasteiger partial charge in [0.25, 0.3) is 0 Å². The van der Waals surface area contributed by atoms with Crippen molar-refractivity contribution in [3.05, 3.63) is 24.3 Å². The van der Waals surface area contributed by atoms with Crippen LogP contribution in [0.15, 0.2) is 24.3 Å².